The number of nitrogen functional groups attached to an aromatic ring is 1. The van der Waals surface area contributed by atoms with Crippen molar-refractivity contribution in [1.82, 2.24) is 19.8 Å². The van der Waals surface area contributed by atoms with Gasteiger partial charge in [0.2, 0.25) is 0 Å². The van der Waals surface area contributed by atoms with Gasteiger partial charge in [0.25, 0.3) is 5.91 Å². The van der Waals surface area contributed by atoms with Crippen molar-refractivity contribution in [1.29, 1.82) is 0 Å². The van der Waals surface area contributed by atoms with E-state index in [1.165, 1.54) is 6.20 Å². The van der Waals surface area contributed by atoms with Crippen LogP contribution in [0.1, 0.15) is 16.1 Å². The largest absolute Gasteiger partial charge is 0.397 e. The third-order valence-corrected chi connectivity index (χ3v) is 5.63. The van der Waals surface area contributed by atoms with Gasteiger partial charge in [0.15, 0.2) is 5.13 Å². The maximum absolute atomic E-state index is 12.5. The second kappa shape index (κ2) is 11.2. The maximum atomic E-state index is 12.5. The molecule has 2 heterocycles. The van der Waals surface area contributed by atoms with E-state index in [-0.39, 0.29) is 16.6 Å². The Kier molecular flexibility index (Phi) is 8.11. The number of nitro groups is 1. The molecule has 0 radical (unpaired) electrons. The molecule has 1 aromatic carbocycles. The molecule has 178 valence electrons. The molecule has 0 unspecified atom stereocenters. The first-order valence-electron chi connectivity index (χ1n) is 10.3. The van der Waals surface area contributed by atoms with Crippen LogP contribution in [-0.2, 0) is 6.54 Å². The van der Waals surface area contributed by atoms with Crippen LogP contribution in [-0.4, -0.2) is 57.8 Å². The van der Waals surface area contributed by atoms with Gasteiger partial charge in [0.1, 0.15) is 17.7 Å². The molecule has 34 heavy (non-hydrogen) atoms. The van der Waals surface area contributed by atoms with Gasteiger partial charge in [-0.05, 0) is 49.2 Å². The number of nitrogens with two attached hydrogens (primary N) is 1. The molecular weight excluding hydrogens is 456 g/mol. The number of para-hydroxylation sites is 2. The quantitative estimate of drug-likeness (QED) is 0.213. The van der Waals surface area contributed by atoms with E-state index in [1.807, 2.05) is 30.0 Å². The minimum absolute atomic E-state index is 0.0505. The van der Waals surface area contributed by atoms with E-state index in [4.69, 9.17) is 5.73 Å². The lowest BCUT2D eigenvalue weighted by Gasteiger charge is -2.28. The Labute approximate surface area is 201 Å². The number of amides is 1. The molecule has 3 rings (SSSR count). The van der Waals surface area contributed by atoms with E-state index in [0.717, 1.165) is 23.4 Å². The summed E-state index contributed by atoms with van der Waals surface area (Å²) >= 11 is 0.939. The number of nitrogens with one attached hydrogen (secondary N) is 2. The summed E-state index contributed by atoms with van der Waals surface area (Å²) in [6, 6.07) is 10.5. The van der Waals surface area contributed by atoms with Crippen molar-refractivity contribution in [3.05, 3.63) is 82.6 Å². The van der Waals surface area contributed by atoms with Gasteiger partial charge in [-0.2, -0.15) is 0 Å². The molecule has 0 saturated heterocycles. The molecule has 2 aromatic heterocycles. The number of pyridine rings is 1. The fourth-order valence-electron chi connectivity index (χ4n) is 2.91. The molecule has 4 N–H and O–H groups in total. The molecule has 3 aromatic rings. The van der Waals surface area contributed by atoms with Gasteiger partial charge in [0, 0.05) is 25.8 Å². The predicted molar refractivity (Wildman–Crippen MR) is 134 cm³/mol. The molecule has 0 saturated carbocycles. The van der Waals surface area contributed by atoms with Crippen LogP contribution in [0.25, 0.3) is 0 Å². The molecule has 12 heteroatoms. The normalized spacial score (nSPS) is 10.7. The van der Waals surface area contributed by atoms with E-state index in [9.17, 15) is 14.9 Å². The average molecular weight is 483 g/mol. The van der Waals surface area contributed by atoms with Gasteiger partial charge in [-0.25, -0.2) is 4.98 Å². The third kappa shape index (κ3) is 6.73. The first-order valence-corrected chi connectivity index (χ1v) is 11.1. The molecule has 1 amide bonds. The van der Waals surface area contributed by atoms with Crippen molar-refractivity contribution in [2.75, 3.05) is 43.6 Å². The molecule has 0 aliphatic carbocycles. The summed E-state index contributed by atoms with van der Waals surface area (Å²) in [6.07, 6.45) is 2.84. The Balaban J connectivity index is 1.67. The van der Waals surface area contributed by atoms with Crippen LogP contribution >= 0.6 is 11.3 Å². The Hall–Kier alpha value is -4.03. The van der Waals surface area contributed by atoms with E-state index >= 15 is 0 Å². The molecule has 11 nitrogen and oxygen atoms in total. The van der Waals surface area contributed by atoms with Crippen molar-refractivity contribution in [3.63, 3.8) is 0 Å². The number of carbonyl (C=O) groups is 1. The Morgan fingerprint density at radius 2 is 1.91 bits per heavy atom. The van der Waals surface area contributed by atoms with Crippen molar-refractivity contribution < 1.29 is 9.72 Å². The summed E-state index contributed by atoms with van der Waals surface area (Å²) in [6.45, 7) is 5.94. The minimum Gasteiger partial charge on any atom is -0.397 e. The number of aromatic nitrogens is 2. The van der Waals surface area contributed by atoms with E-state index in [1.54, 1.807) is 36.5 Å². The predicted octanol–water partition coefficient (Wildman–Crippen LogP) is 3.23. The summed E-state index contributed by atoms with van der Waals surface area (Å²) in [7, 11) is 3.93. The molecular formula is C22H26N8O3S. The number of hydrogen-bond donors (Lipinski definition) is 3. The van der Waals surface area contributed by atoms with E-state index < -0.39 is 4.92 Å². The Morgan fingerprint density at radius 1 is 1.15 bits per heavy atom. The van der Waals surface area contributed by atoms with Crippen molar-refractivity contribution in [3.8, 4) is 0 Å². The fourth-order valence-corrected chi connectivity index (χ4v) is 3.56. The van der Waals surface area contributed by atoms with Crippen LogP contribution < -0.4 is 16.4 Å². The van der Waals surface area contributed by atoms with Crippen molar-refractivity contribution in [2.45, 2.75) is 6.54 Å². The molecule has 0 spiro atoms. The van der Waals surface area contributed by atoms with Gasteiger partial charge in [0.05, 0.1) is 16.3 Å². The van der Waals surface area contributed by atoms with Gasteiger partial charge in [-0.1, -0.05) is 24.8 Å². The molecule has 0 aliphatic heterocycles. The SMILES string of the molecule is C=C(Nc1ncc([N+](=O)[O-])s1)N(CCN(C)C)Cc1ccc(C(=O)Nc2ccccc2N)nc1. The number of hydrogen-bond acceptors (Lipinski definition) is 10. The molecule has 0 fully saturated rings. The lowest BCUT2D eigenvalue weighted by atomic mass is 10.2. The second-order valence-electron chi connectivity index (χ2n) is 7.65. The van der Waals surface area contributed by atoms with E-state index in [2.05, 4.69) is 27.2 Å². The lowest BCUT2D eigenvalue weighted by molar-refractivity contribution is -0.380. The molecule has 0 aliphatic rings. The Morgan fingerprint density at radius 3 is 2.53 bits per heavy atom. The first kappa shape index (κ1) is 24.6. The highest BCUT2D eigenvalue weighted by Gasteiger charge is 2.16. The summed E-state index contributed by atoms with van der Waals surface area (Å²) in [5, 5.41) is 17.0. The number of rotatable bonds is 11. The zero-order valence-corrected chi connectivity index (χ0v) is 19.7. The summed E-state index contributed by atoms with van der Waals surface area (Å²) in [5.41, 5.74) is 8.00. The Bertz CT molecular complexity index is 1160. The zero-order valence-electron chi connectivity index (χ0n) is 18.9. The van der Waals surface area contributed by atoms with Crippen LogP contribution in [0.5, 0.6) is 0 Å². The number of anilines is 3. The molecule has 0 bridgehead atoms. The fraction of sp³-hybridized carbons (Fsp3) is 0.227. The number of benzene rings is 1. The van der Waals surface area contributed by atoms with Crippen LogP contribution in [0.15, 0.2) is 61.2 Å². The van der Waals surface area contributed by atoms with E-state index in [0.29, 0.717) is 35.4 Å². The monoisotopic (exact) mass is 482 g/mol. The summed E-state index contributed by atoms with van der Waals surface area (Å²) in [4.78, 5) is 35.3. The van der Waals surface area contributed by atoms with Crippen LogP contribution in [0, 0.1) is 10.1 Å². The van der Waals surface area contributed by atoms with Crippen LogP contribution in [0.4, 0.5) is 21.5 Å². The third-order valence-electron chi connectivity index (χ3n) is 4.76. The number of nitrogens with zero attached hydrogens (tertiary/aromatic N) is 5. The van der Waals surface area contributed by atoms with Gasteiger partial charge in [-0.15, -0.1) is 0 Å². The zero-order chi connectivity index (χ0) is 24.7. The lowest BCUT2D eigenvalue weighted by Crippen LogP contribution is -2.33. The van der Waals surface area contributed by atoms with Crippen molar-refractivity contribution >= 4 is 38.8 Å². The highest BCUT2D eigenvalue weighted by molar-refractivity contribution is 7.18. The van der Waals surface area contributed by atoms with Gasteiger partial charge in [-0.3, -0.25) is 19.9 Å². The topological polar surface area (TPSA) is 143 Å². The van der Waals surface area contributed by atoms with Gasteiger partial charge < -0.3 is 26.2 Å². The second-order valence-corrected chi connectivity index (χ2v) is 8.66. The summed E-state index contributed by atoms with van der Waals surface area (Å²) in [5.74, 6) is 0.192. The minimum atomic E-state index is -0.481. The number of carbonyl (C=O) groups excluding carboxylic acids is 1. The highest BCUT2D eigenvalue weighted by Crippen LogP contribution is 2.26. The van der Waals surface area contributed by atoms with Crippen LogP contribution in [0.2, 0.25) is 0 Å². The highest BCUT2D eigenvalue weighted by atomic mass is 32.1. The smallest absolute Gasteiger partial charge is 0.345 e. The van der Waals surface area contributed by atoms with Gasteiger partial charge >= 0.3 is 5.00 Å². The van der Waals surface area contributed by atoms with Crippen LogP contribution in [0.3, 0.4) is 0 Å². The summed E-state index contributed by atoms with van der Waals surface area (Å²) < 4.78 is 0. The number of likely N-dealkylation sites (N-methyl/N-ethyl adjacent to an activating group) is 1. The average Bonchev–Trinajstić information content (AvgIpc) is 3.27. The number of thiazole rings is 1. The standard InChI is InChI=1S/C22H26N8O3S/c1-15(26-22-25-13-20(34-22)30(32)33)29(11-10-28(2)3)14-16-8-9-19(24-12-16)21(31)27-18-7-5-4-6-17(18)23/h4-9,12-13H,1,10-11,14,23H2,2-3H3,(H,25,26)(H,27,31). The molecule has 0 atom stereocenters. The maximum Gasteiger partial charge on any atom is 0.345 e. The first-order chi connectivity index (χ1) is 16.2. The van der Waals surface area contributed by atoms with Crippen molar-refractivity contribution in [2.24, 2.45) is 0 Å².